The third-order valence-corrected chi connectivity index (χ3v) is 4.96. The second-order valence-corrected chi connectivity index (χ2v) is 7.01. The third-order valence-electron chi connectivity index (χ3n) is 4.96. The molecule has 2 aromatic carbocycles. The molecule has 1 amide bonds. The van der Waals surface area contributed by atoms with Gasteiger partial charge in [-0.3, -0.25) is 9.78 Å². The van der Waals surface area contributed by atoms with E-state index in [0.717, 1.165) is 33.5 Å². The number of pyridine rings is 2. The first-order chi connectivity index (χ1) is 14.7. The van der Waals surface area contributed by atoms with Crippen LogP contribution in [0.15, 0.2) is 79.1 Å². The molecule has 2 aromatic heterocycles. The van der Waals surface area contributed by atoms with Crippen LogP contribution in [-0.2, 0) is 0 Å². The van der Waals surface area contributed by atoms with Crippen molar-refractivity contribution in [1.29, 1.82) is 0 Å². The van der Waals surface area contributed by atoms with Gasteiger partial charge in [0.2, 0.25) is 0 Å². The molecule has 1 unspecified atom stereocenters. The maximum Gasteiger partial charge on any atom is 0.252 e. The van der Waals surface area contributed by atoms with Crippen molar-refractivity contribution in [2.24, 2.45) is 0 Å². The summed E-state index contributed by atoms with van der Waals surface area (Å²) < 4.78 is 5.50. The molecular formula is C25H23N3O2. The van der Waals surface area contributed by atoms with E-state index in [1.165, 1.54) is 0 Å². The predicted molar refractivity (Wildman–Crippen MR) is 118 cm³/mol. The maximum absolute atomic E-state index is 13.2. The van der Waals surface area contributed by atoms with E-state index in [9.17, 15) is 4.79 Å². The summed E-state index contributed by atoms with van der Waals surface area (Å²) in [6, 6.07) is 21.0. The minimum Gasteiger partial charge on any atom is -0.494 e. The molecule has 0 radical (unpaired) electrons. The topological polar surface area (TPSA) is 64.1 Å². The van der Waals surface area contributed by atoms with Crippen LogP contribution in [-0.4, -0.2) is 22.5 Å². The normalized spacial score (nSPS) is 11.8. The van der Waals surface area contributed by atoms with Crippen LogP contribution in [0.3, 0.4) is 0 Å². The standard InChI is InChI=1S/C25H23N3O2/c1-3-30-20-12-10-18(11-13-20)17(2)27-25(29)22-15-24(19-7-6-14-26-16-19)28-23-9-5-4-8-21(22)23/h4-17H,3H2,1-2H3,(H,27,29). The molecule has 1 N–H and O–H groups in total. The van der Waals surface area contributed by atoms with E-state index in [0.29, 0.717) is 12.2 Å². The molecule has 0 aliphatic carbocycles. The van der Waals surface area contributed by atoms with Crippen LogP contribution < -0.4 is 10.1 Å². The highest BCUT2D eigenvalue weighted by molar-refractivity contribution is 6.07. The lowest BCUT2D eigenvalue weighted by Gasteiger charge is -2.16. The van der Waals surface area contributed by atoms with Gasteiger partial charge >= 0.3 is 0 Å². The van der Waals surface area contributed by atoms with Crippen molar-refractivity contribution >= 4 is 16.8 Å². The summed E-state index contributed by atoms with van der Waals surface area (Å²) in [5.74, 6) is 0.682. The van der Waals surface area contributed by atoms with Gasteiger partial charge in [0.15, 0.2) is 0 Å². The smallest absolute Gasteiger partial charge is 0.252 e. The molecule has 2 heterocycles. The zero-order valence-electron chi connectivity index (χ0n) is 17.0. The van der Waals surface area contributed by atoms with Gasteiger partial charge in [0.05, 0.1) is 29.4 Å². The summed E-state index contributed by atoms with van der Waals surface area (Å²) in [5, 5.41) is 3.93. The molecule has 30 heavy (non-hydrogen) atoms. The van der Waals surface area contributed by atoms with E-state index in [1.54, 1.807) is 12.4 Å². The van der Waals surface area contributed by atoms with E-state index < -0.39 is 0 Å². The van der Waals surface area contributed by atoms with E-state index >= 15 is 0 Å². The number of benzene rings is 2. The molecule has 4 rings (SSSR count). The molecular weight excluding hydrogens is 374 g/mol. The number of ether oxygens (including phenoxy) is 1. The first-order valence-electron chi connectivity index (χ1n) is 9.99. The van der Waals surface area contributed by atoms with Crippen molar-refractivity contribution in [1.82, 2.24) is 15.3 Å². The molecule has 5 heteroatoms. The van der Waals surface area contributed by atoms with E-state index in [-0.39, 0.29) is 11.9 Å². The first-order valence-corrected chi connectivity index (χ1v) is 9.99. The molecule has 0 spiro atoms. The summed E-state index contributed by atoms with van der Waals surface area (Å²) in [6.07, 6.45) is 3.47. The van der Waals surface area contributed by atoms with Crippen LogP contribution in [0.5, 0.6) is 5.75 Å². The summed E-state index contributed by atoms with van der Waals surface area (Å²) >= 11 is 0. The number of nitrogens with one attached hydrogen (secondary N) is 1. The van der Waals surface area contributed by atoms with Gasteiger partial charge in [-0.25, -0.2) is 4.98 Å². The van der Waals surface area contributed by atoms with Crippen LogP contribution in [0.1, 0.15) is 35.8 Å². The number of carbonyl (C=O) groups excluding carboxylic acids is 1. The quantitative estimate of drug-likeness (QED) is 0.486. The van der Waals surface area contributed by atoms with Crippen molar-refractivity contribution < 1.29 is 9.53 Å². The average Bonchev–Trinajstić information content (AvgIpc) is 2.79. The number of amides is 1. The Morgan fingerprint density at radius 1 is 1.07 bits per heavy atom. The minimum atomic E-state index is -0.151. The van der Waals surface area contributed by atoms with Gasteiger partial charge in [-0.2, -0.15) is 0 Å². The van der Waals surface area contributed by atoms with Crippen molar-refractivity contribution in [2.75, 3.05) is 6.61 Å². The summed E-state index contributed by atoms with van der Waals surface area (Å²) in [7, 11) is 0. The Morgan fingerprint density at radius 2 is 1.87 bits per heavy atom. The highest BCUT2D eigenvalue weighted by Gasteiger charge is 2.16. The molecule has 0 aliphatic rings. The van der Waals surface area contributed by atoms with Crippen LogP contribution in [0.25, 0.3) is 22.2 Å². The van der Waals surface area contributed by atoms with Crippen molar-refractivity contribution in [3.63, 3.8) is 0 Å². The number of rotatable bonds is 6. The number of hydrogen-bond donors (Lipinski definition) is 1. The molecule has 0 saturated heterocycles. The Bertz CT molecular complexity index is 1160. The fourth-order valence-electron chi connectivity index (χ4n) is 3.40. The number of carbonyl (C=O) groups is 1. The molecule has 4 aromatic rings. The lowest BCUT2D eigenvalue weighted by atomic mass is 10.0. The van der Waals surface area contributed by atoms with Gasteiger partial charge in [0.1, 0.15) is 5.75 Å². The zero-order chi connectivity index (χ0) is 20.9. The van der Waals surface area contributed by atoms with Crippen LogP contribution in [0.4, 0.5) is 0 Å². The Hall–Kier alpha value is -3.73. The molecule has 0 saturated carbocycles. The number of hydrogen-bond acceptors (Lipinski definition) is 4. The largest absolute Gasteiger partial charge is 0.494 e. The monoisotopic (exact) mass is 397 g/mol. The predicted octanol–water partition coefficient (Wildman–Crippen LogP) is 5.19. The molecule has 0 fully saturated rings. The van der Waals surface area contributed by atoms with E-state index in [4.69, 9.17) is 9.72 Å². The molecule has 5 nitrogen and oxygen atoms in total. The van der Waals surface area contributed by atoms with E-state index in [2.05, 4.69) is 10.3 Å². The van der Waals surface area contributed by atoms with Crippen molar-refractivity contribution in [3.8, 4) is 17.0 Å². The van der Waals surface area contributed by atoms with Gasteiger partial charge in [0, 0.05) is 23.3 Å². The second-order valence-electron chi connectivity index (χ2n) is 7.01. The Kier molecular flexibility index (Phi) is 5.70. The van der Waals surface area contributed by atoms with Crippen molar-refractivity contribution in [2.45, 2.75) is 19.9 Å². The highest BCUT2D eigenvalue weighted by Crippen LogP contribution is 2.25. The van der Waals surface area contributed by atoms with Crippen LogP contribution >= 0.6 is 0 Å². The maximum atomic E-state index is 13.2. The van der Waals surface area contributed by atoms with Crippen LogP contribution in [0, 0.1) is 0 Å². The molecule has 0 bridgehead atoms. The Labute approximate surface area is 175 Å². The minimum absolute atomic E-state index is 0.139. The second kappa shape index (κ2) is 8.74. The number of nitrogens with zero attached hydrogens (tertiary/aromatic N) is 2. The van der Waals surface area contributed by atoms with Gasteiger partial charge in [0.25, 0.3) is 5.91 Å². The fraction of sp³-hybridized carbons (Fsp3) is 0.160. The van der Waals surface area contributed by atoms with E-state index in [1.807, 2.05) is 80.6 Å². The summed E-state index contributed by atoms with van der Waals surface area (Å²) in [4.78, 5) is 22.1. The van der Waals surface area contributed by atoms with Gasteiger partial charge < -0.3 is 10.1 Å². The lowest BCUT2D eigenvalue weighted by molar-refractivity contribution is 0.0941. The number of aromatic nitrogens is 2. The SMILES string of the molecule is CCOc1ccc(C(C)NC(=O)c2cc(-c3cccnc3)nc3ccccc23)cc1. The van der Waals surface area contributed by atoms with Crippen LogP contribution in [0.2, 0.25) is 0 Å². The first kappa shape index (κ1) is 19.6. The molecule has 1 atom stereocenters. The fourth-order valence-corrected chi connectivity index (χ4v) is 3.40. The van der Waals surface area contributed by atoms with Gasteiger partial charge in [-0.15, -0.1) is 0 Å². The number of fused-ring (bicyclic) bond motifs is 1. The van der Waals surface area contributed by atoms with Gasteiger partial charge in [-0.1, -0.05) is 30.3 Å². The molecule has 0 aliphatic heterocycles. The molecule has 150 valence electrons. The summed E-state index contributed by atoms with van der Waals surface area (Å²) in [5.41, 5.74) is 3.98. The Morgan fingerprint density at radius 3 is 2.60 bits per heavy atom. The summed E-state index contributed by atoms with van der Waals surface area (Å²) in [6.45, 7) is 4.55. The Balaban J connectivity index is 1.65. The van der Waals surface area contributed by atoms with Crippen molar-refractivity contribution in [3.05, 3.63) is 90.3 Å². The lowest BCUT2D eigenvalue weighted by Crippen LogP contribution is -2.27. The third kappa shape index (κ3) is 4.15. The zero-order valence-corrected chi connectivity index (χ0v) is 17.0. The van der Waals surface area contributed by atoms with Gasteiger partial charge in [-0.05, 0) is 55.8 Å². The average molecular weight is 397 g/mol. The highest BCUT2D eigenvalue weighted by atomic mass is 16.5. The number of para-hydroxylation sites is 1.